The van der Waals surface area contributed by atoms with E-state index >= 15 is 0 Å². The van der Waals surface area contributed by atoms with Gasteiger partial charge in [-0.1, -0.05) is 42.5 Å². The van der Waals surface area contributed by atoms with Crippen LogP contribution in [0.2, 0.25) is 0 Å². The smallest absolute Gasteiger partial charge is 0.287 e. The van der Waals surface area contributed by atoms with Crippen LogP contribution in [-0.2, 0) is 13.2 Å². The van der Waals surface area contributed by atoms with Crippen LogP contribution in [-0.4, -0.2) is 30.8 Å². The average molecular weight is 428 g/mol. The van der Waals surface area contributed by atoms with Gasteiger partial charge < -0.3 is 19.4 Å². The first-order chi connectivity index (χ1) is 15.5. The van der Waals surface area contributed by atoms with Crippen molar-refractivity contribution in [3.8, 4) is 5.75 Å². The molecule has 4 aromatic rings. The second-order valence-corrected chi connectivity index (χ2v) is 7.64. The Morgan fingerprint density at radius 3 is 2.41 bits per heavy atom. The predicted octanol–water partition coefficient (Wildman–Crippen LogP) is 4.64. The number of furan rings is 1. The number of carbonyl (C=O) groups excluding carboxylic acids is 2. The minimum Gasteiger partial charge on any atom is -0.486 e. The molecule has 1 heterocycles. The van der Waals surface area contributed by atoms with Gasteiger partial charge in [0.2, 0.25) is 0 Å². The van der Waals surface area contributed by atoms with E-state index in [1.807, 2.05) is 54.6 Å². The molecule has 0 radical (unpaired) electrons. The molecule has 0 aliphatic rings. The zero-order valence-corrected chi connectivity index (χ0v) is 18.0. The molecule has 0 saturated heterocycles. The lowest BCUT2D eigenvalue weighted by Crippen LogP contribution is -2.23. The van der Waals surface area contributed by atoms with Crippen molar-refractivity contribution in [2.45, 2.75) is 13.2 Å². The Kier molecular flexibility index (Phi) is 6.22. The fourth-order valence-electron chi connectivity index (χ4n) is 3.28. The minimum atomic E-state index is -0.310. The van der Waals surface area contributed by atoms with Crippen LogP contribution in [0.1, 0.15) is 32.2 Å². The summed E-state index contributed by atoms with van der Waals surface area (Å²) in [5, 5.41) is 5.07. The number of ether oxygens (including phenoxy) is 1. The lowest BCUT2D eigenvalue weighted by atomic mass is 10.1. The molecule has 0 fully saturated rings. The van der Waals surface area contributed by atoms with Crippen molar-refractivity contribution in [2.75, 3.05) is 14.1 Å². The standard InChI is InChI=1S/C26H24N2O4/c1-28(2)26(30)20-9-7-18(8-10-20)16-27-25(29)24-14-13-23(32-24)17-31-22-12-11-19-5-3-4-6-21(19)15-22/h3-15H,16-17H2,1-2H3,(H,27,29). The summed E-state index contributed by atoms with van der Waals surface area (Å²) >= 11 is 0. The maximum Gasteiger partial charge on any atom is 0.287 e. The highest BCUT2D eigenvalue weighted by Crippen LogP contribution is 2.22. The van der Waals surface area contributed by atoms with Gasteiger partial charge in [-0.15, -0.1) is 0 Å². The molecule has 2 amide bonds. The Morgan fingerprint density at radius 1 is 0.906 bits per heavy atom. The third-order valence-corrected chi connectivity index (χ3v) is 5.05. The molecule has 6 nitrogen and oxygen atoms in total. The van der Waals surface area contributed by atoms with Crippen LogP contribution in [0.5, 0.6) is 5.75 Å². The third kappa shape index (κ3) is 4.98. The number of amides is 2. The SMILES string of the molecule is CN(C)C(=O)c1ccc(CNC(=O)c2ccc(COc3ccc4ccccc4c3)o2)cc1. The van der Waals surface area contributed by atoms with Gasteiger partial charge in [0, 0.05) is 26.2 Å². The number of nitrogens with zero attached hydrogens (tertiary/aromatic N) is 1. The summed E-state index contributed by atoms with van der Waals surface area (Å²) in [6.45, 7) is 0.561. The van der Waals surface area contributed by atoms with Crippen molar-refractivity contribution in [3.05, 3.63) is 102 Å². The zero-order valence-electron chi connectivity index (χ0n) is 18.0. The van der Waals surface area contributed by atoms with Gasteiger partial charge in [0.25, 0.3) is 11.8 Å². The zero-order chi connectivity index (χ0) is 22.5. The summed E-state index contributed by atoms with van der Waals surface area (Å²) in [6, 6.07) is 24.5. The first-order valence-electron chi connectivity index (χ1n) is 10.3. The van der Waals surface area contributed by atoms with Crippen LogP contribution < -0.4 is 10.1 Å². The van der Waals surface area contributed by atoms with Crippen LogP contribution in [0.25, 0.3) is 10.8 Å². The van der Waals surface area contributed by atoms with Gasteiger partial charge in [0.15, 0.2) is 5.76 Å². The molecular weight excluding hydrogens is 404 g/mol. The van der Waals surface area contributed by atoms with E-state index in [9.17, 15) is 9.59 Å². The molecule has 6 heteroatoms. The van der Waals surface area contributed by atoms with Gasteiger partial charge in [-0.2, -0.15) is 0 Å². The molecule has 0 aliphatic carbocycles. The molecule has 0 bridgehead atoms. The molecule has 1 aromatic heterocycles. The van der Waals surface area contributed by atoms with Crippen molar-refractivity contribution in [1.29, 1.82) is 0 Å². The summed E-state index contributed by atoms with van der Waals surface area (Å²) in [4.78, 5) is 25.9. The number of rotatable bonds is 7. The van der Waals surface area contributed by atoms with Crippen LogP contribution in [0, 0.1) is 0 Å². The molecule has 0 unspecified atom stereocenters. The maximum atomic E-state index is 12.4. The number of nitrogens with one attached hydrogen (secondary N) is 1. The van der Waals surface area contributed by atoms with Gasteiger partial charge in [-0.3, -0.25) is 9.59 Å². The molecule has 0 atom stereocenters. The summed E-state index contributed by atoms with van der Waals surface area (Å²) < 4.78 is 11.4. The van der Waals surface area contributed by atoms with E-state index in [-0.39, 0.29) is 24.2 Å². The first kappa shape index (κ1) is 21.2. The monoisotopic (exact) mass is 428 g/mol. The van der Waals surface area contributed by atoms with Crippen molar-refractivity contribution in [1.82, 2.24) is 10.2 Å². The Labute approximate surface area is 186 Å². The number of benzene rings is 3. The van der Waals surface area contributed by atoms with Gasteiger partial charge in [0.05, 0.1) is 0 Å². The Hall–Kier alpha value is -4.06. The molecule has 1 N–H and O–H groups in total. The number of hydrogen-bond donors (Lipinski definition) is 1. The summed E-state index contributed by atoms with van der Waals surface area (Å²) in [7, 11) is 3.42. The highest BCUT2D eigenvalue weighted by Gasteiger charge is 2.12. The number of carbonyl (C=O) groups is 2. The second kappa shape index (κ2) is 9.39. The largest absolute Gasteiger partial charge is 0.486 e. The van der Waals surface area contributed by atoms with Gasteiger partial charge in [0.1, 0.15) is 18.1 Å². The lowest BCUT2D eigenvalue weighted by Gasteiger charge is -2.10. The van der Waals surface area contributed by atoms with Crippen molar-refractivity contribution in [3.63, 3.8) is 0 Å². The van der Waals surface area contributed by atoms with Crippen molar-refractivity contribution >= 4 is 22.6 Å². The molecule has 0 spiro atoms. The summed E-state index contributed by atoms with van der Waals surface area (Å²) in [6.07, 6.45) is 0. The minimum absolute atomic E-state index is 0.0605. The van der Waals surface area contributed by atoms with Gasteiger partial charge in [-0.25, -0.2) is 0 Å². The van der Waals surface area contributed by atoms with E-state index in [1.54, 1.807) is 38.4 Å². The van der Waals surface area contributed by atoms with Crippen LogP contribution in [0.15, 0.2) is 83.3 Å². The second-order valence-electron chi connectivity index (χ2n) is 7.64. The molecular formula is C26H24N2O4. The highest BCUT2D eigenvalue weighted by atomic mass is 16.5. The highest BCUT2D eigenvalue weighted by molar-refractivity contribution is 5.94. The van der Waals surface area contributed by atoms with Crippen LogP contribution in [0.4, 0.5) is 0 Å². The average Bonchev–Trinajstić information content (AvgIpc) is 3.30. The Bertz CT molecular complexity index is 1240. The van der Waals surface area contributed by atoms with E-state index in [0.29, 0.717) is 17.9 Å². The molecule has 32 heavy (non-hydrogen) atoms. The Balaban J connectivity index is 1.30. The summed E-state index contributed by atoms with van der Waals surface area (Å²) in [5.74, 6) is 1.16. The lowest BCUT2D eigenvalue weighted by molar-refractivity contribution is 0.0827. The van der Waals surface area contributed by atoms with E-state index in [0.717, 1.165) is 22.1 Å². The van der Waals surface area contributed by atoms with Crippen molar-refractivity contribution < 1.29 is 18.7 Å². The number of fused-ring (bicyclic) bond motifs is 1. The topological polar surface area (TPSA) is 71.8 Å². The Morgan fingerprint density at radius 2 is 1.66 bits per heavy atom. The van der Waals surface area contributed by atoms with Crippen LogP contribution >= 0.6 is 0 Å². The van der Waals surface area contributed by atoms with Gasteiger partial charge >= 0.3 is 0 Å². The normalized spacial score (nSPS) is 10.7. The fraction of sp³-hybridized carbons (Fsp3) is 0.154. The molecule has 0 aliphatic heterocycles. The van der Waals surface area contributed by atoms with E-state index in [1.165, 1.54) is 4.90 Å². The van der Waals surface area contributed by atoms with E-state index in [2.05, 4.69) is 5.32 Å². The molecule has 0 saturated carbocycles. The van der Waals surface area contributed by atoms with E-state index < -0.39 is 0 Å². The quantitative estimate of drug-likeness (QED) is 0.465. The first-order valence-corrected chi connectivity index (χ1v) is 10.3. The number of hydrogen-bond acceptors (Lipinski definition) is 4. The molecule has 4 rings (SSSR count). The molecule has 3 aromatic carbocycles. The summed E-state index contributed by atoms with van der Waals surface area (Å²) in [5.41, 5.74) is 1.49. The van der Waals surface area contributed by atoms with E-state index in [4.69, 9.17) is 9.15 Å². The molecule has 162 valence electrons. The fourth-order valence-corrected chi connectivity index (χ4v) is 3.28. The maximum absolute atomic E-state index is 12.4. The van der Waals surface area contributed by atoms with Crippen LogP contribution in [0.3, 0.4) is 0 Å². The predicted molar refractivity (Wildman–Crippen MR) is 123 cm³/mol. The third-order valence-electron chi connectivity index (χ3n) is 5.05. The van der Waals surface area contributed by atoms with Gasteiger partial charge in [-0.05, 0) is 52.7 Å². The van der Waals surface area contributed by atoms with Crippen molar-refractivity contribution in [2.24, 2.45) is 0 Å².